The molecule has 1 aliphatic rings. The summed E-state index contributed by atoms with van der Waals surface area (Å²) in [6.45, 7) is 3.40. The van der Waals surface area contributed by atoms with Crippen LogP contribution in [0.15, 0.2) is 36.7 Å². The first-order valence-electron chi connectivity index (χ1n) is 7.93. The lowest BCUT2D eigenvalue weighted by molar-refractivity contribution is 0.252. The summed E-state index contributed by atoms with van der Waals surface area (Å²) < 4.78 is 5.08. The number of urea groups is 1. The standard InChI is InChI=1S/C16H21N7O2/c1-25-14-10-18-15(19-11-14)23-8-6-22(7-9-23)13-4-2-12(3-5-13)20-16(24)21-17/h2-5,10-11H,6-9,17H2,1H3,(H2,20,21,24). The molecule has 9 heteroatoms. The van der Waals surface area contributed by atoms with Gasteiger partial charge in [0.15, 0.2) is 5.75 Å². The summed E-state index contributed by atoms with van der Waals surface area (Å²) >= 11 is 0. The number of nitrogens with two attached hydrogens (primary N) is 1. The molecule has 1 saturated heterocycles. The lowest BCUT2D eigenvalue weighted by atomic mass is 10.2. The summed E-state index contributed by atoms with van der Waals surface area (Å²) in [6.07, 6.45) is 3.36. The molecular formula is C16H21N7O2. The first kappa shape index (κ1) is 16.8. The normalized spacial score (nSPS) is 14.2. The van der Waals surface area contributed by atoms with Gasteiger partial charge in [0, 0.05) is 37.6 Å². The van der Waals surface area contributed by atoms with E-state index in [1.807, 2.05) is 29.7 Å². The van der Waals surface area contributed by atoms with Gasteiger partial charge >= 0.3 is 6.03 Å². The Morgan fingerprint density at radius 1 is 1.08 bits per heavy atom. The van der Waals surface area contributed by atoms with Crippen molar-refractivity contribution in [1.29, 1.82) is 0 Å². The van der Waals surface area contributed by atoms with E-state index in [1.165, 1.54) is 0 Å². The molecule has 1 aromatic heterocycles. The number of ether oxygens (including phenoxy) is 1. The fraction of sp³-hybridized carbons (Fsp3) is 0.312. The van der Waals surface area contributed by atoms with Crippen LogP contribution in [0.3, 0.4) is 0 Å². The number of piperazine rings is 1. The molecule has 9 nitrogen and oxygen atoms in total. The quantitative estimate of drug-likeness (QED) is 0.428. The van der Waals surface area contributed by atoms with Gasteiger partial charge in [-0.3, -0.25) is 5.43 Å². The number of hydrogen-bond donors (Lipinski definition) is 3. The van der Waals surface area contributed by atoms with Crippen molar-refractivity contribution in [3.63, 3.8) is 0 Å². The van der Waals surface area contributed by atoms with Crippen LogP contribution in [0.2, 0.25) is 0 Å². The molecule has 2 amide bonds. The number of aromatic nitrogens is 2. The Hall–Kier alpha value is -3.07. The Balaban J connectivity index is 1.57. The number of carbonyl (C=O) groups is 1. The van der Waals surface area contributed by atoms with Crippen molar-refractivity contribution < 1.29 is 9.53 Å². The van der Waals surface area contributed by atoms with Crippen LogP contribution in [0.25, 0.3) is 0 Å². The second-order valence-corrected chi connectivity index (χ2v) is 5.54. The first-order chi connectivity index (χ1) is 12.2. The van der Waals surface area contributed by atoms with Gasteiger partial charge < -0.3 is 19.9 Å². The predicted molar refractivity (Wildman–Crippen MR) is 95.8 cm³/mol. The average molecular weight is 343 g/mol. The summed E-state index contributed by atoms with van der Waals surface area (Å²) in [5, 5.41) is 2.63. The highest BCUT2D eigenvalue weighted by Crippen LogP contribution is 2.21. The average Bonchev–Trinajstić information content (AvgIpc) is 2.69. The van der Waals surface area contributed by atoms with Crippen LogP contribution in [-0.2, 0) is 0 Å². The first-order valence-corrected chi connectivity index (χ1v) is 7.93. The molecule has 0 unspecified atom stereocenters. The fourth-order valence-electron chi connectivity index (χ4n) is 2.67. The van der Waals surface area contributed by atoms with Gasteiger partial charge in [0.2, 0.25) is 5.95 Å². The maximum Gasteiger partial charge on any atom is 0.333 e. The minimum atomic E-state index is -0.444. The molecule has 1 fully saturated rings. The molecular weight excluding hydrogens is 322 g/mol. The van der Waals surface area contributed by atoms with E-state index >= 15 is 0 Å². The number of nitrogens with zero attached hydrogens (tertiary/aromatic N) is 4. The lowest BCUT2D eigenvalue weighted by Gasteiger charge is -2.36. The predicted octanol–water partition coefficient (Wildman–Crippen LogP) is 0.807. The number of benzene rings is 1. The molecule has 2 aromatic rings. The Morgan fingerprint density at radius 2 is 1.68 bits per heavy atom. The highest BCUT2D eigenvalue weighted by atomic mass is 16.5. The maximum absolute atomic E-state index is 11.2. The molecule has 0 spiro atoms. The minimum absolute atomic E-state index is 0.444. The smallest absolute Gasteiger partial charge is 0.333 e. The van der Waals surface area contributed by atoms with E-state index in [-0.39, 0.29) is 0 Å². The Kier molecular flexibility index (Phi) is 5.14. The third kappa shape index (κ3) is 4.07. The zero-order valence-corrected chi connectivity index (χ0v) is 14.0. The number of methoxy groups -OCH3 is 1. The Bertz CT molecular complexity index is 697. The van der Waals surface area contributed by atoms with E-state index in [0.29, 0.717) is 17.4 Å². The minimum Gasteiger partial charge on any atom is -0.494 e. The zero-order valence-electron chi connectivity index (χ0n) is 14.0. The second-order valence-electron chi connectivity index (χ2n) is 5.54. The summed E-state index contributed by atoms with van der Waals surface area (Å²) in [5.74, 6) is 6.42. The van der Waals surface area contributed by atoms with Crippen molar-refractivity contribution in [2.24, 2.45) is 5.84 Å². The molecule has 0 saturated carbocycles. The van der Waals surface area contributed by atoms with Crippen LogP contribution in [0.5, 0.6) is 5.75 Å². The van der Waals surface area contributed by atoms with Crippen LogP contribution in [0.1, 0.15) is 0 Å². The molecule has 0 aliphatic carbocycles. The zero-order chi connectivity index (χ0) is 17.6. The van der Waals surface area contributed by atoms with Crippen LogP contribution in [0, 0.1) is 0 Å². The van der Waals surface area contributed by atoms with E-state index in [0.717, 1.165) is 31.9 Å². The van der Waals surface area contributed by atoms with Crippen molar-refractivity contribution >= 4 is 23.4 Å². The number of nitrogens with one attached hydrogen (secondary N) is 2. The number of carbonyl (C=O) groups excluding carboxylic acids is 1. The van der Waals surface area contributed by atoms with Gasteiger partial charge in [0.1, 0.15) is 0 Å². The molecule has 132 valence electrons. The number of anilines is 3. The van der Waals surface area contributed by atoms with E-state index in [2.05, 4.69) is 25.1 Å². The number of amides is 2. The van der Waals surface area contributed by atoms with E-state index in [9.17, 15) is 4.79 Å². The van der Waals surface area contributed by atoms with Crippen LogP contribution >= 0.6 is 0 Å². The maximum atomic E-state index is 11.2. The lowest BCUT2D eigenvalue weighted by Crippen LogP contribution is -2.47. The van der Waals surface area contributed by atoms with Gasteiger partial charge in [-0.15, -0.1) is 0 Å². The topological polar surface area (TPSA) is 109 Å². The fourth-order valence-corrected chi connectivity index (χ4v) is 2.67. The number of hydrazine groups is 1. The molecule has 0 atom stereocenters. The SMILES string of the molecule is COc1cnc(N2CCN(c3ccc(NC(=O)NN)cc3)CC2)nc1. The van der Waals surface area contributed by atoms with Gasteiger partial charge in [0.05, 0.1) is 19.5 Å². The van der Waals surface area contributed by atoms with Gasteiger partial charge in [-0.1, -0.05) is 0 Å². The van der Waals surface area contributed by atoms with Crippen molar-refractivity contribution in [3.8, 4) is 5.75 Å². The second kappa shape index (κ2) is 7.67. The van der Waals surface area contributed by atoms with Crippen molar-refractivity contribution in [2.75, 3.05) is 48.4 Å². The van der Waals surface area contributed by atoms with Gasteiger partial charge in [-0.25, -0.2) is 20.6 Å². The van der Waals surface area contributed by atoms with Crippen molar-refractivity contribution in [3.05, 3.63) is 36.7 Å². The monoisotopic (exact) mass is 343 g/mol. The molecule has 1 aromatic carbocycles. The largest absolute Gasteiger partial charge is 0.494 e. The van der Waals surface area contributed by atoms with Crippen LogP contribution < -0.4 is 31.1 Å². The molecule has 1 aliphatic heterocycles. The molecule has 0 radical (unpaired) electrons. The Morgan fingerprint density at radius 3 is 2.24 bits per heavy atom. The van der Waals surface area contributed by atoms with Gasteiger partial charge in [-0.05, 0) is 24.3 Å². The number of rotatable bonds is 4. The summed E-state index contributed by atoms with van der Waals surface area (Å²) in [4.78, 5) is 24.3. The van der Waals surface area contributed by atoms with Crippen molar-refractivity contribution in [2.45, 2.75) is 0 Å². The van der Waals surface area contributed by atoms with Gasteiger partial charge in [0.25, 0.3) is 0 Å². The van der Waals surface area contributed by atoms with Crippen molar-refractivity contribution in [1.82, 2.24) is 15.4 Å². The van der Waals surface area contributed by atoms with E-state index in [4.69, 9.17) is 10.6 Å². The molecule has 3 rings (SSSR count). The van der Waals surface area contributed by atoms with Gasteiger partial charge in [-0.2, -0.15) is 0 Å². The van der Waals surface area contributed by atoms with Crippen LogP contribution in [0.4, 0.5) is 22.1 Å². The highest BCUT2D eigenvalue weighted by Gasteiger charge is 2.19. The molecule has 25 heavy (non-hydrogen) atoms. The number of hydrogen-bond acceptors (Lipinski definition) is 7. The third-order valence-electron chi connectivity index (χ3n) is 4.03. The van der Waals surface area contributed by atoms with E-state index < -0.39 is 6.03 Å². The summed E-state index contributed by atoms with van der Waals surface area (Å²) in [6, 6.07) is 7.21. The molecule has 2 heterocycles. The molecule has 4 N–H and O–H groups in total. The van der Waals surface area contributed by atoms with Crippen LogP contribution in [-0.4, -0.2) is 49.3 Å². The summed E-state index contributed by atoms with van der Waals surface area (Å²) in [5.41, 5.74) is 3.83. The highest BCUT2D eigenvalue weighted by molar-refractivity contribution is 5.88. The molecule has 0 bridgehead atoms. The Labute approximate surface area is 145 Å². The summed E-state index contributed by atoms with van der Waals surface area (Å²) in [7, 11) is 1.60. The van der Waals surface area contributed by atoms with E-state index in [1.54, 1.807) is 19.5 Å². The third-order valence-corrected chi connectivity index (χ3v) is 4.03.